The molecule has 0 saturated carbocycles. The lowest BCUT2D eigenvalue weighted by atomic mass is 10.1. The van der Waals surface area contributed by atoms with Crippen molar-refractivity contribution in [2.75, 3.05) is 31.6 Å². The standard InChI is InChI=1S/C21H26N2O2/c1-25-20-10-7-17(8-11-20)9-12-21(24)22-15-18-13-14-23(16-18)19-5-3-2-4-6-19/h2-8,10-11,18H,9,12-16H2,1H3,(H,22,24). The number of amides is 1. The number of anilines is 1. The molecule has 1 aliphatic rings. The first kappa shape index (κ1) is 17.3. The number of nitrogens with zero attached hydrogens (tertiary/aromatic N) is 1. The third-order valence-electron chi connectivity index (χ3n) is 4.79. The summed E-state index contributed by atoms with van der Waals surface area (Å²) in [6.07, 6.45) is 2.42. The van der Waals surface area contributed by atoms with E-state index >= 15 is 0 Å². The molecule has 4 nitrogen and oxygen atoms in total. The highest BCUT2D eigenvalue weighted by molar-refractivity contribution is 5.76. The van der Waals surface area contributed by atoms with Crippen molar-refractivity contribution in [1.29, 1.82) is 0 Å². The van der Waals surface area contributed by atoms with Crippen LogP contribution in [0.25, 0.3) is 0 Å². The lowest BCUT2D eigenvalue weighted by molar-refractivity contribution is -0.121. The van der Waals surface area contributed by atoms with Gasteiger partial charge in [-0.15, -0.1) is 0 Å². The summed E-state index contributed by atoms with van der Waals surface area (Å²) >= 11 is 0. The van der Waals surface area contributed by atoms with Gasteiger partial charge in [-0.25, -0.2) is 0 Å². The van der Waals surface area contributed by atoms with Crippen LogP contribution in [0.5, 0.6) is 5.75 Å². The Morgan fingerprint density at radius 2 is 1.92 bits per heavy atom. The first-order chi connectivity index (χ1) is 12.2. The number of carbonyl (C=O) groups is 1. The molecular weight excluding hydrogens is 312 g/mol. The lowest BCUT2D eigenvalue weighted by Gasteiger charge is -2.18. The third-order valence-corrected chi connectivity index (χ3v) is 4.79. The van der Waals surface area contributed by atoms with Gasteiger partial charge in [0.25, 0.3) is 0 Å². The summed E-state index contributed by atoms with van der Waals surface area (Å²) in [5.74, 6) is 1.51. The Hall–Kier alpha value is -2.49. The van der Waals surface area contributed by atoms with Crippen molar-refractivity contribution >= 4 is 11.6 Å². The van der Waals surface area contributed by atoms with Crippen molar-refractivity contribution in [1.82, 2.24) is 5.32 Å². The topological polar surface area (TPSA) is 41.6 Å². The number of aryl methyl sites for hydroxylation is 1. The van der Waals surface area contributed by atoms with E-state index in [1.54, 1.807) is 7.11 Å². The maximum Gasteiger partial charge on any atom is 0.220 e. The first-order valence-corrected chi connectivity index (χ1v) is 8.94. The molecule has 2 aromatic carbocycles. The van der Waals surface area contributed by atoms with Crippen LogP contribution in [0.3, 0.4) is 0 Å². The van der Waals surface area contributed by atoms with E-state index in [-0.39, 0.29) is 5.91 Å². The third kappa shape index (κ3) is 4.99. The smallest absolute Gasteiger partial charge is 0.220 e. The number of hydrogen-bond acceptors (Lipinski definition) is 3. The number of methoxy groups -OCH3 is 1. The Kier molecular flexibility index (Phi) is 5.94. The normalized spacial score (nSPS) is 16.7. The zero-order chi connectivity index (χ0) is 17.5. The Morgan fingerprint density at radius 3 is 2.64 bits per heavy atom. The number of rotatable bonds is 7. The SMILES string of the molecule is COc1ccc(CCC(=O)NCC2CCN(c3ccccc3)C2)cc1. The van der Waals surface area contributed by atoms with Gasteiger partial charge < -0.3 is 15.0 Å². The predicted octanol–water partition coefficient (Wildman–Crippen LogP) is 3.27. The van der Waals surface area contributed by atoms with Gasteiger partial charge in [-0.2, -0.15) is 0 Å². The van der Waals surface area contributed by atoms with Crippen molar-refractivity contribution in [3.63, 3.8) is 0 Å². The largest absolute Gasteiger partial charge is 0.497 e. The summed E-state index contributed by atoms with van der Waals surface area (Å²) in [6.45, 7) is 2.85. The van der Waals surface area contributed by atoms with Crippen molar-refractivity contribution in [3.05, 3.63) is 60.2 Å². The molecule has 1 fully saturated rings. The molecule has 132 valence electrons. The predicted molar refractivity (Wildman–Crippen MR) is 101 cm³/mol. The zero-order valence-corrected chi connectivity index (χ0v) is 14.8. The number of benzene rings is 2. The van der Waals surface area contributed by atoms with E-state index < -0.39 is 0 Å². The highest BCUT2D eigenvalue weighted by Crippen LogP contribution is 2.23. The van der Waals surface area contributed by atoms with E-state index in [1.165, 1.54) is 5.69 Å². The zero-order valence-electron chi connectivity index (χ0n) is 14.8. The second kappa shape index (κ2) is 8.56. The summed E-state index contributed by atoms with van der Waals surface area (Å²) in [4.78, 5) is 14.5. The molecule has 1 aliphatic heterocycles. The summed E-state index contributed by atoms with van der Waals surface area (Å²) in [7, 11) is 1.66. The molecule has 0 spiro atoms. The summed E-state index contributed by atoms with van der Waals surface area (Å²) < 4.78 is 5.15. The molecule has 1 N–H and O–H groups in total. The molecule has 25 heavy (non-hydrogen) atoms. The van der Waals surface area contributed by atoms with Crippen molar-refractivity contribution in [3.8, 4) is 5.75 Å². The Bertz CT molecular complexity index is 670. The fourth-order valence-electron chi connectivity index (χ4n) is 3.27. The molecule has 0 bridgehead atoms. The van der Waals surface area contributed by atoms with Gasteiger partial charge in [-0.1, -0.05) is 30.3 Å². The van der Waals surface area contributed by atoms with E-state index in [9.17, 15) is 4.79 Å². The molecule has 0 aromatic heterocycles. The first-order valence-electron chi connectivity index (χ1n) is 8.94. The van der Waals surface area contributed by atoms with E-state index in [1.807, 2.05) is 30.3 Å². The highest BCUT2D eigenvalue weighted by atomic mass is 16.5. The van der Waals surface area contributed by atoms with E-state index in [2.05, 4.69) is 34.5 Å². The van der Waals surface area contributed by atoms with Gasteiger partial charge in [0.15, 0.2) is 0 Å². The van der Waals surface area contributed by atoms with Crippen molar-refractivity contribution in [2.24, 2.45) is 5.92 Å². The number of hydrogen-bond donors (Lipinski definition) is 1. The Balaban J connectivity index is 1.38. The molecule has 1 atom stereocenters. The molecule has 4 heteroatoms. The Morgan fingerprint density at radius 1 is 1.16 bits per heavy atom. The van der Waals surface area contributed by atoms with Crippen LogP contribution < -0.4 is 15.0 Å². The van der Waals surface area contributed by atoms with Crippen LogP contribution in [0.2, 0.25) is 0 Å². The molecule has 2 aromatic rings. The van der Waals surface area contributed by atoms with Gasteiger partial charge in [0.1, 0.15) is 5.75 Å². The van der Waals surface area contributed by atoms with Crippen molar-refractivity contribution < 1.29 is 9.53 Å². The van der Waals surface area contributed by atoms with Crippen LogP contribution >= 0.6 is 0 Å². The van der Waals surface area contributed by atoms with Crippen LogP contribution in [0.1, 0.15) is 18.4 Å². The maximum atomic E-state index is 12.1. The molecule has 1 saturated heterocycles. The second-order valence-electron chi connectivity index (χ2n) is 6.59. The summed E-state index contributed by atoms with van der Waals surface area (Å²) in [5.41, 5.74) is 2.43. The van der Waals surface area contributed by atoms with Crippen LogP contribution in [-0.4, -0.2) is 32.7 Å². The minimum Gasteiger partial charge on any atom is -0.497 e. The highest BCUT2D eigenvalue weighted by Gasteiger charge is 2.22. The second-order valence-corrected chi connectivity index (χ2v) is 6.59. The average molecular weight is 338 g/mol. The number of ether oxygens (including phenoxy) is 1. The van der Waals surface area contributed by atoms with E-state index in [0.717, 1.165) is 43.8 Å². The van der Waals surface area contributed by atoms with Gasteiger partial charge in [0, 0.05) is 31.7 Å². The van der Waals surface area contributed by atoms with Gasteiger partial charge in [0.2, 0.25) is 5.91 Å². The van der Waals surface area contributed by atoms with Gasteiger partial charge in [-0.3, -0.25) is 4.79 Å². The molecule has 1 amide bonds. The fourth-order valence-corrected chi connectivity index (χ4v) is 3.27. The van der Waals surface area contributed by atoms with E-state index in [0.29, 0.717) is 12.3 Å². The summed E-state index contributed by atoms with van der Waals surface area (Å²) in [6, 6.07) is 18.4. The Labute approximate surface area is 149 Å². The molecule has 1 unspecified atom stereocenters. The van der Waals surface area contributed by atoms with Gasteiger partial charge >= 0.3 is 0 Å². The summed E-state index contributed by atoms with van der Waals surface area (Å²) in [5, 5.41) is 3.10. The quantitative estimate of drug-likeness (QED) is 0.842. The molecule has 1 heterocycles. The molecule has 0 aliphatic carbocycles. The maximum absolute atomic E-state index is 12.1. The number of para-hydroxylation sites is 1. The number of carbonyl (C=O) groups excluding carboxylic acids is 1. The molecule has 0 radical (unpaired) electrons. The monoisotopic (exact) mass is 338 g/mol. The van der Waals surface area contributed by atoms with Crippen LogP contribution in [0.4, 0.5) is 5.69 Å². The minimum absolute atomic E-state index is 0.133. The lowest BCUT2D eigenvalue weighted by Crippen LogP contribution is -2.31. The van der Waals surface area contributed by atoms with Crippen LogP contribution in [-0.2, 0) is 11.2 Å². The minimum atomic E-state index is 0.133. The van der Waals surface area contributed by atoms with Crippen LogP contribution in [0, 0.1) is 5.92 Å². The molecule has 3 rings (SSSR count). The van der Waals surface area contributed by atoms with Gasteiger partial charge in [0.05, 0.1) is 7.11 Å². The van der Waals surface area contributed by atoms with Crippen molar-refractivity contribution in [2.45, 2.75) is 19.3 Å². The van der Waals surface area contributed by atoms with Gasteiger partial charge in [-0.05, 0) is 48.6 Å². The van der Waals surface area contributed by atoms with Crippen LogP contribution in [0.15, 0.2) is 54.6 Å². The molecular formula is C21H26N2O2. The fraction of sp³-hybridized carbons (Fsp3) is 0.381. The average Bonchev–Trinajstić information content (AvgIpc) is 3.15. The number of nitrogens with one attached hydrogen (secondary N) is 1. The van der Waals surface area contributed by atoms with E-state index in [4.69, 9.17) is 4.74 Å².